The summed E-state index contributed by atoms with van der Waals surface area (Å²) in [5, 5.41) is 3.40. The number of rotatable bonds is 6. The molecule has 2 aliphatic carbocycles. The molecule has 3 rings (SSSR count). The molecule has 106 valence electrons. The van der Waals surface area contributed by atoms with E-state index in [0.717, 1.165) is 18.7 Å². The molecule has 1 aromatic heterocycles. The van der Waals surface area contributed by atoms with Gasteiger partial charge in [0.2, 0.25) is 10.0 Å². The maximum Gasteiger partial charge on any atom is 0.242 e. The molecule has 0 amide bonds. The predicted molar refractivity (Wildman–Crippen MR) is 73.2 cm³/mol. The molecule has 2 unspecified atom stereocenters. The third-order valence-electron chi connectivity index (χ3n) is 3.96. The molecule has 0 bridgehead atoms. The van der Waals surface area contributed by atoms with E-state index in [1.807, 2.05) is 11.6 Å². The SMILES string of the molecule is CC1CC1NS(=O)(=O)c1cc(CNC2CC2)n(C)c1. The Morgan fingerprint density at radius 3 is 2.68 bits per heavy atom. The van der Waals surface area contributed by atoms with Crippen molar-refractivity contribution in [2.45, 2.75) is 49.7 Å². The van der Waals surface area contributed by atoms with Gasteiger partial charge in [-0.1, -0.05) is 6.92 Å². The van der Waals surface area contributed by atoms with Crippen molar-refractivity contribution in [2.75, 3.05) is 0 Å². The molecule has 0 radical (unpaired) electrons. The zero-order valence-electron chi connectivity index (χ0n) is 11.4. The fourth-order valence-corrected chi connectivity index (χ4v) is 3.64. The highest BCUT2D eigenvalue weighted by atomic mass is 32.2. The first-order valence-electron chi connectivity index (χ1n) is 6.86. The minimum atomic E-state index is -3.35. The van der Waals surface area contributed by atoms with Gasteiger partial charge < -0.3 is 9.88 Å². The Hall–Kier alpha value is -0.850. The van der Waals surface area contributed by atoms with E-state index >= 15 is 0 Å². The van der Waals surface area contributed by atoms with E-state index < -0.39 is 10.0 Å². The van der Waals surface area contributed by atoms with E-state index in [1.165, 1.54) is 12.8 Å². The minimum absolute atomic E-state index is 0.123. The molecule has 0 aliphatic heterocycles. The summed E-state index contributed by atoms with van der Waals surface area (Å²) in [6.45, 7) is 2.79. The molecule has 0 spiro atoms. The summed E-state index contributed by atoms with van der Waals surface area (Å²) in [4.78, 5) is 0.377. The van der Waals surface area contributed by atoms with Crippen LogP contribution >= 0.6 is 0 Å². The number of nitrogens with one attached hydrogen (secondary N) is 2. The lowest BCUT2D eigenvalue weighted by Crippen LogP contribution is -2.26. The van der Waals surface area contributed by atoms with Gasteiger partial charge in [0.15, 0.2) is 0 Å². The second kappa shape index (κ2) is 4.61. The van der Waals surface area contributed by atoms with E-state index in [4.69, 9.17) is 0 Å². The van der Waals surface area contributed by atoms with E-state index in [9.17, 15) is 8.42 Å². The molecule has 2 saturated carbocycles. The van der Waals surface area contributed by atoms with E-state index in [0.29, 0.717) is 16.9 Å². The van der Waals surface area contributed by atoms with Crippen molar-refractivity contribution in [3.63, 3.8) is 0 Å². The summed E-state index contributed by atoms with van der Waals surface area (Å²) in [5.74, 6) is 0.467. The van der Waals surface area contributed by atoms with Crippen molar-refractivity contribution in [3.05, 3.63) is 18.0 Å². The van der Waals surface area contributed by atoms with Crippen molar-refractivity contribution in [2.24, 2.45) is 13.0 Å². The van der Waals surface area contributed by atoms with Gasteiger partial charge in [-0.25, -0.2) is 13.1 Å². The van der Waals surface area contributed by atoms with Gasteiger partial charge in [0, 0.05) is 37.6 Å². The van der Waals surface area contributed by atoms with Gasteiger partial charge >= 0.3 is 0 Å². The Morgan fingerprint density at radius 2 is 2.11 bits per heavy atom. The number of sulfonamides is 1. The van der Waals surface area contributed by atoms with Gasteiger partial charge in [0.1, 0.15) is 0 Å². The summed E-state index contributed by atoms with van der Waals surface area (Å²) in [6.07, 6.45) is 5.11. The third-order valence-corrected chi connectivity index (χ3v) is 5.42. The lowest BCUT2D eigenvalue weighted by Gasteiger charge is -2.03. The quantitative estimate of drug-likeness (QED) is 0.817. The van der Waals surface area contributed by atoms with E-state index in [1.54, 1.807) is 12.3 Å². The maximum atomic E-state index is 12.2. The van der Waals surface area contributed by atoms with Crippen LogP contribution in [0.15, 0.2) is 17.2 Å². The molecule has 0 aromatic carbocycles. The van der Waals surface area contributed by atoms with Gasteiger partial charge in [0.05, 0.1) is 4.90 Å². The second-order valence-corrected chi connectivity index (χ2v) is 7.59. The topological polar surface area (TPSA) is 63.1 Å². The predicted octanol–water partition coefficient (Wildman–Crippen LogP) is 0.964. The molecular weight excluding hydrogens is 262 g/mol. The van der Waals surface area contributed by atoms with Crippen LogP contribution in [0.5, 0.6) is 0 Å². The zero-order valence-corrected chi connectivity index (χ0v) is 12.2. The van der Waals surface area contributed by atoms with Crippen LogP contribution in [0.25, 0.3) is 0 Å². The highest BCUT2D eigenvalue weighted by Crippen LogP contribution is 2.31. The number of aromatic nitrogens is 1. The van der Waals surface area contributed by atoms with Gasteiger partial charge in [-0.2, -0.15) is 0 Å². The second-order valence-electron chi connectivity index (χ2n) is 5.87. The molecule has 1 heterocycles. The fourth-order valence-electron chi connectivity index (χ4n) is 2.19. The van der Waals surface area contributed by atoms with Gasteiger partial charge in [-0.05, 0) is 31.2 Å². The van der Waals surface area contributed by atoms with Crippen LogP contribution < -0.4 is 10.0 Å². The molecule has 2 aliphatic rings. The van der Waals surface area contributed by atoms with Crippen LogP contribution in [0, 0.1) is 5.92 Å². The lowest BCUT2D eigenvalue weighted by molar-refractivity contribution is 0.578. The van der Waals surface area contributed by atoms with Gasteiger partial charge in [-0.3, -0.25) is 0 Å². The molecule has 6 heteroatoms. The first kappa shape index (κ1) is 13.1. The summed E-state index contributed by atoms with van der Waals surface area (Å²) in [7, 11) is -1.46. The Labute approximate surface area is 114 Å². The van der Waals surface area contributed by atoms with Gasteiger partial charge in [0.25, 0.3) is 0 Å². The van der Waals surface area contributed by atoms with E-state index in [2.05, 4.69) is 17.0 Å². The smallest absolute Gasteiger partial charge is 0.242 e. The first-order chi connectivity index (χ1) is 8.95. The van der Waals surface area contributed by atoms with Crippen molar-refractivity contribution in [1.82, 2.24) is 14.6 Å². The Kier molecular flexibility index (Phi) is 3.19. The molecule has 2 N–H and O–H groups in total. The highest BCUT2D eigenvalue weighted by Gasteiger charge is 2.36. The van der Waals surface area contributed by atoms with E-state index in [-0.39, 0.29) is 6.04 Å². The van der Waals surface area contributed by atoms with Crippen molar-refractivity contribution >= 4 is 10.0 Å². The summed E-state index contributed by atoms with van der Waals surface area (Å²) in [5.41, 5.74) is 1.01. The highest BCUT2D eigenvalue weighted by molar-refractivity contribution is 7.89. The van der Waals surface area contributed by atoms with Crippen LogP contribution in [0.1, 0.15) is 31.9 Å². The zero-order chi connectivity index (χ0) is 13.6. The van der Waals surface area contributed by atoms with Gasteiger partial charge in [-0.15, -0.1) is 0 Å². The molecule has 19 heavy (non-hydrogen) atoms. The molecule has 2 fully saturated rings. The molecule has 1 aromatic rings. The lowest BCUT2D eigenvalue weighted by atomic mass is 10.4. The molecular formula is C13H21N3O2S. The van der Waals surface area contributed by atoms with Crippen molar-refractivity contribution in [3.8, 4) is 0 Å². The maximum absolute atomic E-state index is 12.2. The van der Waals surface area contributed by atoms with Crippen LogP contribution in [-0.4, -0.2) is 25.1 Å². The van der Waals surface area contributed by atoms with Crippen LogP contribution in [0.4, 0.5) is 0 Å². The van der Waals surface area contributed by atoms with Crippen molar-refractivity contribution < 1.29 is 8.42 Å². The monoisotopic (exact) mass is 283 g/mol. The van der Waals surface area contributed by atoms with Crippen molar-refractivity contribution in [1.29, 1.82) is 0 Å². The Morgan fingerprint density at radius 1 is 1.42 bits per heavy atom. The first-order valence-corrected chi connectivity index (χ1v) is 8.35. The Balaban J connectivity index is 1.70. The molecule has 5 nitrogen and oxygen atoms in total. The van der Waals surface area contributed by atoms with Crippen LogP contribution in [-0.2, 0) is 23.6 Å². The average Bonchev–Trinajstić information content (AvgIpc) is 3.22. The van der Waals surface area contributed by atoms with Crippen LogP contribution in [0.2, 0.25) is 0 Å². The number of hydrogen-bond acceptors (Lipinski definition) is 3. The third kappa shape index (κ3) is 3.01. The average molecular weight is 283 g/mol. The largest absolute Gasteiger partial charge is 0.352 e. The van der Waals surface area contributed by atoms with Crippen LogP contribution in [0.3, 0.4) is 0 Å². The summed E-state index contributed by atoms with van der Waals surface area (Å²) >= 11 is 0. The molecule has 2 atom stereocenters. The molecule has 0 saturated heterocycles. The normalized spacial score (nSPS) is 26.6. The number of hydrogen-bond donors (Lipinski definition) is 2. The number of aryl methyl sites for hydroxylation is 1. The summed E-state index contributed by atoms with van der Waals surface area (Å²) < 4.78 is 29.0. The number of nitrogens with zero attached hydrogens (tertiary/aromatic N) is 1. The minimum Gasteiger partial charge on any atom is -0.352 e. The summed E-state index contributed by atoms with van der Waals surface area (Å²) in [6, 6.07) is 2.52. The Bertz CT molecular complexity index is 575. The fraction of sp³-hybridized carbons (Fsp3) is 0.692. The standard InChI is InChI=1S/C13H21N3O2S/c1-9-5-13(9)15-19(17,18)12-6-11(16(2)8-12)7-14-10-3-4-10/h6,8-10,13-15H,3-5,7H2,1-2H3.